The van der Waals surface area contributed by atoms with Crippen LogP contribution in [0, 0.1) is 0 Å². The lowest BCUT2D eigenvalue weighted by Crippen LogP contribution is -2.59. The quantitative estimate of drug-likeness (QED) is 0.0138. The summed E-state index contributed by atoms with van der Waals surface area (Å²) in [7, 11) is 0. The number of aldehydes is 1. The summed E-state index contributed by atoms with van der Waals surface area (Å²) >= 11 is 1.28. The molecule has 3 fully saturated rings. The fraction of sp³-hybridized carbons (Fsp3) is 0.630. The van der Waals surface area contributed by atoms with Crippen LogP contribution in [0.15, 0.2) is 32.5 Å². The van der Waals surface area contributed by atoms with Crippen molar-refractivity contribution in [1.82, 2.24) is 46.6 Å². The third-order valence-corrected chi connectivity index (χ3v) is 13.9. The van der Waals surface area contributed by atoms with Gasteiger partial charge >= 0.3 is 5.97 Å². The van der Waals surface area contributed by atoms with E-state index in [0.29, 0.717) is 24.0 Å². The van der Waals surface area contributed by atoms with E-state index in [1.54, 1.807) is 17.5 Å². The van der Waals surface area contributed by atoms with Gasteiger partial charge in [-0.2, -0.15) is 0 Å². The molecule has 0 aromatic carbocycles. The number of amides is 8. The average Bonchev–Trinajstić information content (AvgIpc) is 4.27. The van der Waals surface area contributed by atoms with Gasteiger partial charge in [-0.1, -0.05) is 6.07 Å². The molecule has 0 radical (unpaired) electrons. The molecule has 0 aliphatic carbocycles. The number of carboxylic acids is 1. The van der Waals surface area contributed by atoms with Gasteiger partial charge < -0.3 is 95.8 Å². The molecule has 9 atom stereocenters. The highest BCUT2D eigenvalue weighted by Gasteiger charge is 2.47. The number of aliphatic hydroxyl groups excluding tert-OH is 2. The molecule has 78 heavy (non-hydrogen) atoms. The zero-order valence-corrected chi connectivity index (χ0v) is 43.9. The number of aliphatic hydroxyl groups is 2. The largest absolute Gasteiger partial charge is 0.480 e. The fourth-order valence-electron chi connectivity index (χ4n) is 9.02. The highest BCUT2D eigenvalue weighted by molar-refractivity contribution is 7.09. The number of hydrogen-bond donors (Lipinski definition) is 15. The molecule has 0 saturated carbocycles. The first kappa shape index (κ1) is 62.8. The number of aliphatic carboxylic acids is 1. The average molecular weight is 1120 g/mol. The zero-order chi connectivity index (χ0) is 57.5. The minimum atomic E-state index is -1.45. The van der Waals surface area contributed by atoms with Crippen molar-refractivity contribution in [2.24, 2.45) is 49.4 Å². The van der Waals surface area contributed by atoms with Gasteiger partial charge in [-0.25, -0.2) is 4.79 Å². The molecular formula is C46H74N18O13S. The molecule has 3 aliphatic heterocycles. The number of carbonyl (C=O) groups excluding carboxylic acids is 9. The number of likely N-dealkylation sites (tertiary alicyclic amines) is 3. The Morgan fingerprint density at radius 3 is 1.96 bits per heavy atom. The lowest BCUT2D eigenvalue weighted by Gasteiger charge is -2.33. The van der Waals surface area contributed by atoms with E-state index in [9.17, 15) is 63.3 Å². The Morgan fingerprint density at radius 2 is 1.37 bits per heavy atom. The van der Waals surface area contributed by atoms with E-state index in [4.69, 9.17) is 34.4 Å². The lowest BCUT2D eigenvalue weighted by atomic mass is 10.1. The van der Waals surface area contributed by atoms with Gasteiger partial charge in [0.15, 0.2) is 17.9 Å². The Labute approximate surface area is 453 Å². The van der Waals surface area contributed by atoms with Crippen LogP contribution in [-0.2, 0) is 54.4 Å². The Balaban J connectivity index is 1.37. The highest BCUT2D eigenvalue weighted by Crippen LogP contribution is 2.26. The molecule has 3 saturated heterocycles. The molecule has 1 aromatic rings. The van der Waals surface area contributed by atoms with Crippen LogP contribution in [0.25, 0.3) is 0 Å². The smallest absolute Gasteiger partial charge is 0.326 e. The summed E-state index contributed by atoms with van der Waals surface area (Å²) < 4.78 is 0. The number of hydrogen-bond acceptors (Lipinski definition) is 17. The number of rotatable bonds is 32. The molecule has 32 heteroatoms. The second-order valence-corrected chi connectivity index (χ2v) is 19.8. The number of guanidine groups is 3. The molecule has 3 aliphatic rings. The van der Waals surface area contributed by atoms with Crippen molar-refractivity contribution in [1.29, 1.82) is 0 Å². The molecule has 0 spiro atoms. The number of aliphatic imine (C=N–C) groups is 3. The summed E-state index contributed by atoms with van der Waals surface area (Å²) in [4.78, 5) is 149. The van der Waals surface area contributed by atoms with Crippen molar-refractivity contribution >= 4 is 88.7 Å². The second kappa shape index (κ2) is 31.5. The Hall–Kier alpha value is -7.71. The van der Waals surface area contributed by atoms with E-state index in [1.165, 1.54) is 16.2 Å². The van der Waals surface area contributed by atoms with Crippen LogP contribution in [-0.4, -0.2) is 221 Å². The van der Waals surface area contributed by atoms with E-state index in [2.05, 4.69) is 46.9 Å². The standard InChI is InChI=1S/C46H74N18O13S/c47-44(48)53-13-1-6-25(23-65)57-38(71)27(8-2-14-54-45(49)50)60-40(73)32-10-4-16-63(32)42(75)36-33(67)12-18-64(36)35(69)21-56-37(70)30(20-26-7-5-19-78-26)61-39(72)31(24-66)58-28-11-17-62(41(28)74)22-34(68)59-29(43(76)77)9-3-15-55-46(51)52/h5,7,19,23,25,27-33,36,58,66-67H,1-4,6,8-18,20-22,24H2,(H,56,70)(H,57,71)(H,59,68)(H,60,73)(H,61,72)(H,76,77)(H4,47,48,53)(H4,49,50,54)(H4,51,52,55)/t25-,27+,28+,29+,30+,31+,32+,33?,36+/m1/s1. The highest BCUT2D eigenvalue weighted by atomic mass is 32.1. The number of thiophene rings is 1. The van der Waals surface area contributed by atoms with Gasteiger partial charge in [0.1, 0.15) is 42.5 Å². The molecule has 21 N–H and O–H groups in total. The third kappa shape index (κ3) is 19.7. The van der Waals surface area contributed by atoms with Crippen molar-refractivity contribution < 1.29 is 63.3 Å². The summed E-state index contributed by atoms with van der Waals surface area (Å²) in [6, 6.07) is -6.37. The molecule has 8 amide bonds. The summed E-state index contributed by atoms with van der Waals surface area (Å²) in [5, 5.41) is 48.2. The summed E-state index contributed by atoms with van der Waals surface area (Å²) in [5.74, 6) is -7.75. The summed E-state index contributed by atoms with van der Waals surface area (Å²) in [6.07, 6.45) is 0.836. The predicted octanol–water partition coefficient (Wildman–Crippen LogP) is -7.71. The Kier molecular flexibility index (Phi) is 25.4. The maximum atomic E-state index is 14.3. The van der Waals surface area contributed by atoms with Crippen molar-refractivity contribution in [3.8, 4) is 0 Å². The van der Waals surface area contributed by atoms with Gasteiger partial charge in [-0.05, 0) is 75.7 Å². The maximum Gasteiger partial charge on any atom is 0.326 e. The minimum Gasteiger partial charge on any atom is -0.480 e. The second-order valence-electron chi connectivity index (χ2n) is 18.8. The number of carbonyl (C=O) groups is 10. The van der Waals surface area contributed by atoms with Crippen molar-refractivity contribution in [3.63, 3.8) is 0 Å². The normalized spacial score (nSPS) is 19.8. The van der Waals surface area contributed by atoms with E-state index < -0.39 is 127 Å². The van der Waals surface area contributed by atoms with Crippen molar-refractivity contribution in [3.05, 3.63) is 22.4 Å². The van der Waals surface area contributed by atoms with Gasteiger partial charge in [0.25, 0.3) is 0 Å². The third-order valence-electron chi connectivity index (χ3n) is 13.0. The first-order valence-electron chi connectivity index (χ1n) is 25.4. The van der Waals surface area contributed by atoms with Crippen LogP contribution in [0.2, 0.25) is 0 Å². The number of nitrogens with one attached hydrogen (secondary N) is 6. The Bertz CT molecular complexity index is 2350. The Morgan fingerprint density at radius 1 is 0.744 bits per heavy atom. The SMILES string of the molecule is NC(N)=NCCC[C@H](NC(=O)CN1CC[C@H](N[C@@H](CO)C(=O)N[C@@H](Cc2cccs2)C(=O)NCC(=O)N2CCC(O)[C@H]2C(=O)N2CCC[C@H]2C(=O)N[C@@H](CCCN=C(N)N)C(=O)N[C@@H](C=O)CCCN=C(N)N)C1=O)C(=O)O. The molecule has 1 unspecified atom stereocenters. The van der Waals surface area contributed by atoms with Crippen LogP contribution in [0.1, 0.15) is 69.1 Å². The molecule has 432 valence electrons. The molecular weight excluding hydrogens is 1040 g/mol. The van der Waals surface area contributed by atoms with Crippen molar-refractivity contribution in [2.45, 2.75) is 125 Å². The summed E-state index contributed by atoms with van der Waals surface area (Å²) in [6.45, 7) is -1.51. The monoisotopic (exact) mass is 1120 g/mol. The summed E-state index contributed by atoms with van der Waals surface area (Å²) in [5.41, 5.74) is 32.2. The van der Waals surface area contributed by atoms with E-state index in [-0.39, 0.29) is 115 Å². The first-order chi connectivity index (χ1) is 37.1. The number of nitrogens with zero attached hydrogens (tertiary/aromatic N) is 6. The van der Waals surface area contributed by atoms with Crippen LogP contribution in [0.4, 0.5) is 0 Å². The predicted molar refractivity (Wildman–Crippen MR) is 282 cm³/mol. The van der Waals surface area contributed by atoms with Crippen LogP contribution < -0.4 is 66.3 Å². The van der Waals surface area contributed by atoms with E-state index in [1.807, 2.05) is 0 Å². The van der Waals surface area contributed by atoms with E-state index >= 15 is 0 Å². The molecule has 31 nitrogen and oxygen atoms in total. The molecule has 4 heterocycles. The van der Waals surface area contributed by atoms with Crippen LogP contribution in [0.3, 0.4) is 0 Å². The maximum absolute atomic E-state index is 14.3. The lowest BCUT2D eigenvalue weighted by molar-refractivity contribution is -0.149. The van der Waals surface area contributed by atoms with Crippen LogP contribution in [0.5, 0.6) is 0 Å². The van der Waals surface area contributed by atoms with Crippen molar-refractivity contribution in [2.75, 3.05) is 59.0 Å². The molecule has 4 rings (SSSR count). The van der Waals surface area contributed by atoms with Gasteiger partial charge in [0.05, 0.1) is 37.9 Å². The fourth-order valence-corrected chi connectivity index (χ4v) is 9.77. The van der Waals surface area contributed by atoms with Gasteiger partial charge in [0, 0.05) is 50.6 Å². The van der Waals surface area contributed by atoms with Gasteiger partial charge in [-0.15, -0.1) is 11.3 Å². The van der Waals surface area contributed by atoms with Crippen LogP contribution >= 0.6 is 11.3 Å². The van der Waals surface area contributed by atoms with E-state index in [0.717, 1.165) is 9.80 Å². The molecule has 0 bridgehead atoms. The minimum absolute atomic E-state index is 0.00983. The number of carboxylic acid groups (broad SMARTS) is 1. The van der Waals surface area contributed by atoms with Gasteiger partial charge in [-0.3, -0.25) is 58.7 Å². The first-order valence-corrected chi connectivity index (χ1v) is 26.3. The topological polar surface area (TPSA) is 506 Å². The zero-order valence-electron chi connectivity index (χ0n) is 43.1. The van der Waals surface area contributed by atoms with Gasteiger partial charge in [0.2, 0.25) is 47.3 Å². The molecule has 1 aromatic heterocycles. The number of nitrogens with two attached hydrogens (primary N) is 6.